The van der Waals surface area contributed by atoms with Crippen LogP contribution in [0.1, 0.15) is 25.0 Å². The Hall–Kier alpha value is -17.1. The molecule has 129 heavy (non-hydrogen) atoms. The largest absolute Gasteiger partial charge is 0.452 e. The number of para-hydroxylation sites is 8. The highest BCUT2D eigenvalue weighted by Crippen LogP contribution is 2.52. The molecule has 1 aliphatic carbocycles. The molecule has 0 amide bonds. The van der Waals surface area contributed by atoms with Gasteiger partial charge in [0.1, 0.15) is 46.2 Å². The van der Waals surface area contributed by atoms with Crippen molar-refractivity contribution in [3.8, 4) is 112 Å². The van der Waals surface area contributed by atoms with Crippen molar-refractivity contribution in [3.05, 3.63) is 436 Å². The first kappa shape index (κ1) is 73.5. The van der Waals surface area contributed by atoms with Crippen molar-refractivity contribution in [2.24, 2.45) is 0 Å². The molecule has 0 aliphatic heterocycles. The summed E-state index contributed by atoms with van der Waals surface area (Å²) in [6, 6.07) is 149. The minimum atomic E-state index is -0.0997. The molecular formula is C119H76N8O2. The van der Waals surface area contributed by atoms with Crippen LogP contribution in [-0.2, 0) is 5.41 Å². The SMILES string of the molecule is CC1(C)c2ccccc2-c2ccc(-c3cccc4c3oc3c(-c5ccc(-c6cccc(-n7c8ccccc8c8cc(-c9ccc%10c(c9)c9ccccc9n%10-c9ccccc9)ccc87)c6)cc5)ncnc34)cc21.c1ccc(-n2c3ccccc3c3cc(-c4ccc5c(c4)c4ccccc4n5-c4ccc(-c5cccc(-c6ncnc7c6oc6ccccc67)c5)cc4)ccc32)cc1. The highest BCUT2D eigenvalue weighted by atomic mass is 16.3. The van der Waals surface area contributed by atoms with Crippen molar-refractivity contribution < 1.29 is 8.83 Å². The van der Waals surface area contributed by atoms with Gasteiger partial charge in [-0.15, -0.1) is 0 Å². The third-order valence-corrected chi connectivity index (χ3v) is 26.9. The van der Waals surface area contributed by atoms with Gasteiger partial charge >= 0.3 is 0 Å². The van der Waals surface area contributed by atoms with Crippen LogP contribution >= 0.6 is 0 Å². The highest BCUT2D eigenvalue weighted by molar-refractivity contribution is 6.17. The molecular weight excluding hydrogens is 1570 g/mol. The first-order chi connectivity index (χ1) is 63.7. The lowest BCUT2D eigenvalue weighted by Crippen LogP contribution is -2.14. The normalized spacial score (nSPS) is 12.5. The maximum absolute atomic E-state index is 6.85. The van der Waals surface area contributed by atoms with Crippen LogP contribution in [-0.4, -0.2) is 38.2 Å². The number of hydrogen-bond acceptors (Lipinski definition) is 6. The van der Waals surface area contributed by atoms with E-state index in [0.717, 1.165) is 106 Å². The zero-order valence-electron chi connectivity index (χ0n) is 70.3. The fourth-order valence-electron chi connectivity index (χ4n) is 20.8. The van der Waals surface area contributed by atoms with E-state index in [1.165, 1.54) is 137 Å². The molecule has 18 aromatic carbocycles. The van der Waals surface area contributed by atoms with E-state index in [-0.39, 0.29) is 5.41 Å². The molecule has 604 valence electrons. The molecule has 0 spiro atoms. The van der Waals surface area contributed by atoms with Gasteiger partial charge in [-0.1, -0.05) is 275 Å². The van der Waals surface area contributed by atoms with E-state index in [2.05, 4.69) is 430 Å². The first-order valence-electron chi connectivity index (χ1n) is 43.9. The Morgan fingerprint density at radius 1 is 0.202 bits per heavy atom. The maximum atomic E-state index is 6.85. The minimum absolute atomic E-state index is 0.0997. The number of benzene rings is 18. The van der Waals surface area contributed by atoms with E-state index < -0.39 is 0 Å². The molecule has 10 nitrogen and oxygen atoms in total. The summed E-state index contributed by atoms with van der Waals surface area (Å²) in [6.45, 7) is 4.64. The summed E-state index contributed by atoms with van der Waals surface area (Å²) in [5.74, 6) is 0. The topological polar surface area (TPSA) is 97.6 Å². The Kier molecular flexibility index (Phi) is 16.5. The van der Waals surface area contributed by atoms with E-state index in [1.54, 1.807) is 12.7 Å². The Bertz CT molecular complexity index is 9100. The van der Waals surface area contributed by atoms with Crippen molar-refractivity contribution in [3.63, 3.8) is 0 Å². The summed E-state index contributed by atoms with van der Waals surface area (Å²) in [5, 5.41) is 11.9. The molecule has 0 saturated heterocycles. The monoisotopic (exact) mass is 1650 g/mol. The third-order valence-electron chi connectivity index (χ3n) is 26.9. The molecule has 8 aromatic heterocycles. The summed E-state index contributed by atoms with van der Waals surface area (Å²) in [6.07, 6.45) is 3.28. The molecule has 0 bridgehead atoms. The van der Waals surface area contributed by atoms with Crippen LogP contribution in [0.15, 0.2) is 434 Å². The average molecular weight is 1650 g/mol. The number of rotatable bonds is 11. The number of hydrogen-bond donors (Lipinski definition) is 0. The van der Waals surface area contributed by atoms with Crippen LogP contribution < -0.4 is 0 Å². The van der Waals surface area contributed by atoms with Gasteiger partial charge in [0.25, 0.3) is 0 Å². The van der Waals surface area contributed by atoms with E-state index in [9.17, 15) is 0 Å². The van der Waals surface area contributed by atoms with E-state index in [4.69, 9.17) is 18.8 Å². The lowest BCUT2D eigenvalue weighted by Gasteiger charge is -2.22. The molecule has 0 unspecified atom stereocenters. The quantitative estimate of drug-likeness (QED) is 0.128. The molecule has 0 fully saturated rings. The summed E-state index contributed by atoms with van der Waals surface area (Å²) in [7, 11) is 0. The van der Waals surface area contributed by atoms with Gasteiger partial charge in [0.2, 0.25) is 0 Å². The zero-order chi connectivity index (χ0) is 85.1. The van der Waals surface area contributed by atoms with Gasteiger partial charge < -0.3 is 27.1 Å². The van der Waals surface area contributed by atoms with E-state index >= 15 is 0 Å². The highest BCUT2D eigenvalue weighted by Gasteiger charge is 2.36. The maximum Gasteiger partial charge on any atom is 0.180 e. The Morgan fingerprint density at radius 3 is 1.11 bits per heavy atom. The summed E-state index contributed by atoms with van der Waals surface area (Å²) in [4.78, 5) is 18.8. The predicted octanol–water partition coefficient (Wildman–Crippen LogP) is 31.1. The van der Waals surface area contributed by atoms with Crippen molar-refractivity contribution in [2.75, 3.05) is 0 Å². The van der Waals surface area contributed by atoms with Crippen molar-refractivity contribution in [1.29, 1.82) is 0 Å². The van der Waals surface area contributed by atoms with Gasteiger partial charge in [-0.25, -0.2) is 19.9 Å². The van der Waals surface area contributed by atoms with E-state index in [1.807, 2.05) is 24.3 Å². The molecule has 27 rings (SSSR count). The van der Waals surface area contributed by atoms with Crippen LogP contribution in [0.4, 0.5) is 0 Å². The van der Waals surface area contributed by atoms with Gasteiger partial charge in [0.15, 0.2) is 11.2 Å². The molecule has 10 heteroatoms. The summed E-state index contributed by atoms with van der Waals surface area (Å²) >= 11 is 0. The van der Waals surface area contributed by atoms with Gasteiger partial charge in [0, 0.05) is 98.7 Å². The smallest absolute Gasteiger partial charge is 0.180 e. The lowest BCUT2D eigenvalue weighted by molar-refractivity contribution is 0.660. The second-order valence-corrected chi connectivity index (χ2v) is 34.4. The Morgan fingerprint density at radius 2 is 0.558 bits per heavy atom. The van der Waals surface area contributed by atoms with Crippen LogP contribution in [0, 0.1) is 0 Å². The number of fused-ring (bicyclic) bond motifs is 21. The number of nitrogens with zero attached hydrogens (tertiary/aromatic N) is 8. The van der Waals surface area contributed by atoms with Crippen molar-refractivity contribution in [2.45, 2.75) is 19.3 Å². The molecule has 0 radical (unpaired) electrons. The molecule has 1 aliphatic rings. The van der Waals surface area contributed by atoms with Crippen LogP contribution in [0.2, 0.25) is 0 Å². The molecule has 0 atom stereocenters. The summed E-state index contributed by atoms with van der Waals surface area (Å²) < 4.78 is 22.6. The average Bonchev–Trinajstić information content (AvgIpc) is 1.57. The van der Waals surface area contributed by atoms with Crippen LogP contribution in [0.5, 0.6) is 0 Å². The molecule has 0 N–H and O–H groups in total. The van der Waals surface area contributed by atoms with Gasteiger partial charge in [-0.05, 0) is 224 Å². The Labute approximate surface area is 741 Å². The number of aromatic nitrogens is 8. The second-order valence-electron chi connectivity index (χ2n) is 34.4. The first-order valence-corrected chi connectivity index (χ1v) is 43.9. The minimum Gasteiger partial charge on any atom is -0.452 e. The van der Waals surface area contributed by atoms with Crippen molar-refractivity contribution in [1.82, 2.24) is 38.2 Å². The van der Waals surface area contributed by atoms with Gasteiger partial charge in [-0.2, -0.15) is 0 Å². The van der Waals surface area contributed by atoms with Crippen molar-refractivity contribution >= 4 is 131 Å². The van der Waals surface area contributed by atoms with Crippen LogP contribution in [0.3, 0.4) is 0 Å². The third kappa shape index (κ3) is 11.7. The van der Waals surface area contributed by atoms with Crippen LogP contribution in [0.25, 0.3) is 243 Å². The zero-order valence-corrected chi connectivity index (χ0v) is 70.3. The standard InChI is InChI=1S/C67H44N4O.C52H32N4O/c1-67(2)57-23-9-6-18-50(57)51-33-30-46(39-58(51)67)49-21-13-22-54-64-66(72-65(49)54)63(68-40-69-64)42-28-26-41(27-29-42)43-14-12-17-48(36-43)71-60-25-11-8-20-53(60)56-38-45(32-35-62(56)71)44-31-34-61-55(37-44)52-19-7-10-24-59(52)70(61)47-15-4-3-5-16-47;1-2-13-38(14-3-1)55-45-18-7-4-15-40(45)43-30-35(23-27-47(43)55)36-24-28-48-44(31-36)41-16-5-8-19-46(41)56(48)39-25-21-33(22-26-39)34-11-10-12-37(29-34)50-52-51(54-32-53-50)42-17-6-9-20-49(42)57-52/h3-40H,1-2H3;1-32H. The molecule has 0 saturated carbocycles. The molecule has 26 aromatic rings. The Balaban J connectivity index is 0.000000140. The predicted molar refractivity (Wildman–Crippen MR) is 532 cm³/mol. The molecule has 8 heterocycles. The number of furan rings is 2. The van der Waals surface area contributed by atoms with E-state index in [0.29, 0.717) is 11.2 Å². The van der Waals surface area contributed by atoms with Gasteiger partial charge in [-0.3, -0.25) is 0 Å². The fraction of sp³-hybridized carbons (Fsp3) is 0.0252. The fourth-order valence-corrected chi connectivity index (χ4v) is 20.8. The second kappa shape index (κ2) is 29.0. The van der Waals surface area contributed by atoms with Gasteiger partial charge in [0.05, 0.1) is 44.1 Å². The lowest BCUT2D eigenvalue weighted by atomic mass is 9.81. The summed E-state index contributed by atoms with van der Waals surface area (Å²) in [5.41, 5.74) is 38.9.